The van der Waals surface area contributed by atoms with Gasteiger partial charge in [0.2, 0.25) is 11.8 Å². The number of amides is 1. The average molecular weight is 359 g/mol. The van der Waals surface area contributed by atoms with Crippen molar-refractivity contribution in [2.45, 2.75) is 17.7 Å². The highest BCUT2D eigenvalue weighted by atomic mass is 32.2. The van der Waals surface area contributed by atoms with Gasteiger partial charge in [-0.2, -0.15) is 4.98 Å². The van der Waals surface area contributed by atoms with Crippen LogP contribution in [0.3, 0.4) is 0 Å². The predicted octanol–water partition coefficient (Wildman–Crippen LogP) is 1.55. The third-order valence-corrected chi connectivity index (χ3v) is 5.48. The normalized spacial score (nSPS) is 17.4. The third-order valence-electron chi connectivity index (χ3n) is 4.44. The molecule has 2 aliphatic heterocycles. The monoisotopic (exact) mass is 359 g/mol. The molecule has 1 amide bonds. The van der Waals surface area contributed by atoms with Gasteiger partial charge in [-0.3, -0.25) is 4.79 Å². The fourth-order valence-electron chi connectivity index (χ4n) is 3.12. The van der Waals surface area contributed by atoms with Gasteiger partial charge in [-0.1, -0.05) is 12.1 Å². The van der Waals surface area contributed by atoms with Crippen molar-refractivity contribution in [3.05, 3.63) is 30.2 Å². The summed E-state index contributed by atoms with van der Waals surface area (Å²) < 4.78 is 5.33. The lowest BCUT2D eigenvalue weighted by Crippen LogP contribution is -2.44. The van der Waals surface area contributed by atoms with Gasteiger partial charge >= 0.3 is 0 Å². The number of thioether (sulfide) groups is 1. The molecule has 1 aromatic carbocycles. The van der Waals surface area contributed by atoms with Gasteiger partial charge in [0.05, 0.1) is 5.69 Å². The van der Waals surface area contributed by atoms with Crippen molar-refractivity contribution in [2.75, 3.05) is 48.3 Å². The molecule has 2 aliphatic rings. The zero-order chi connectivity index (χ0) is 17.1. The van der Waals surface area contributed by atoms with E-state index in [0.29, 0.717) is 24.7 Å². The van der Waals surface area contributed by atoms with Crippen molar-refractivity contribution in [3.63, 3.8) is 0 Å². The van der Waals surface area contributed by atoms with Gasteiger partial charge in [-0.05, 0) is 17.3 Å². The smallest absolute Gasteiger partial charge is 0.266 e. The summed E-state index contributed by atoms with van der Waals surface area (Å²) >= 11 is 1.80. The molecule has 2 aromatic rings. The van der Waals surface area contributed by atoms with E-state index in [0.717, 1.165) is 44.2 Å². The van der Waals surface area contributed by atoms with Crippen molar-refractivity contribution in [2.24, 2.45) is 0 Å². The number of aryl methyl sites for hydroxylation is 1. The molecule has 25 heavy (non-hydrogen) atoms. The molecule has 3 heterocycles. The number of carbonyl (C=O) groups excluding carboxylic acids is 1. The zero-order valence-corrected chi connectivity index (χ0v) is 14.8. The largest absolute Gasteiger partial charge is 0.337 e. The van der Waals surface area contributed by atoms with Crippen molar-refractivity contribution >= 4 is 29.3 Å². The number of fused-ring (bicyclic) bond motifs is 1. The van der Waals surface area contributed by atoms with E-state index in [4.69, 9.17) is 4.52 Å². The molecule has 0 spiro atoms. The van der Waals surface area contributed by atoms with Crippen LogP contribution in [0.25, 0.3) is 0 Å². The summed E-state index contributed by atoms with van der Waals surface area (Å²) in [4.78, 5) is 22.2. The summed E-state index contributed by atoms with van der Waals surface area (Å²) in [5, 5.41) is 7.35. The Morgan fingerprint density at radius 1 is 1.24 bits per heavy atom. The Morgan fingerprint density at radius 3 is 2.96 bits per heavy atom. The Hall–Kier alpha value is -2.06. The number of benzene rings is 1. The number of hydrogen-bond acceptors (Lipinski definition) is 7. The van der Waals surface area contributed by atoms with Crippen LogP contribution in [0.2, 0.25) is 0 Å². The van der Waals surface area contributed by atoms with E-state index >= 15 is 0 Å². The van der Waals surface area contributed by atoms with E-state index < -0.39 is 0 Å². The first-order valence-electron chi connectivity index (χ1n) is 8.62. The summed E-state index contributed by atoms with van der Waals surface area (Å²) in [5.41, 5.74) is 1.01. The number of carbonyl (C=O) groups is 1. The van der Waals surface area contributed by atoms with Gasteiger partial charge in [0.1, 0.15) is 0 Å². The molecule has 0 unspecified atom stereocenters. The van der Waals surface area contributed by atoms with Gasteiger partial charge in [-0.25, -0.2) is 0 Å². The number of piperazine rings is 1. The number of nitrogens with zero attached hydrogens (tertiary/aromatic N) is 4. The summed E-state index contributed by atoms with van der Waals surface area (Å²) in [6.45, 7) is 4.35. The number of para-hydroxylation sites is 1. The molecule has 1 saturated heterocycles. The van der Waals surface area contributed by atoms with Gasteiger partial charge in [0, 0.05) is 56.2 Å². The molecule has 7 nitrogen and oxygen atoms in total. The minimum absolute atomic E-state index is 0.106. The fourth-order valence-corrected chi connectivity index (χ4v) is 4.11. The van der Waals surface area contributed by atoms with Crippen LogP contribution in [0.15, 0.2) is 33.7 Å². The molecular weight excluding hydrogens is 338 g/mol. The molecule has 1 N–H and O–H groups in total. The quantitative estimate of drug-likeness (QED) is 0.888. The molecule has 0 aliphatic carbocycles. The van der Waals surface area contributed by atoms with Crippen LogP contribution >= 0.6 is 11.8 Å². The van der Waals surface area contributed by atoms with Crippen molar-refractivity contribution < 1.29 is 9.32 Å². The second-order valence-electron chi connectivity index (χ2n) is 6.09. The number of anilines is 2. The maximum Gasteiger partial charge on any atom is 0.266 e. The SMILES string of the molecule is O=C(CCc1nc(N2CCNCC2)no1)N1CCSc2ccccc21. The summed E-state index contributed by atoms with van der Waals surface area (Å²) in [6.07, 6.45) is 0.853. The zero-order valence-electron chi connectivity index (χ0n) is 14.0. The van der Waals surface area contributed by atoms with E-state index in [-0.39, 0.29) is 5.91 Å². The number of aromatic nitrogens is 2. The molecule has 4 rings (SSSR count). The van der Waals surface area contributed by atoms with Gasteiger partial charge < -0.3 is 19.6 Å². The second kappa shape index (κ2) is 7.45. The lowest BCUT2D eigenvalue weighted by atomic mass is 10.2. The lowest BCUT2D eigenvalue weighted by Gasteiger charge is -2.28. The average Bonchev–Trinajstić information content (AvgIpc) is 3.15. The standard InChI is InChI=1S/C17H21N5O2S/c23-16(22-11-12-25-14-4-2-1-3-13(14)22)6-5-15-19-17(20-24-15)21-9-7-18-8-10-21/h1-4,18H,5-12H2. The lowest BCUT2D eigenvalue weighted by molar-refractivity contribution is -0.118. The molecule has 0 atom stereocenters. The first kappa shape index (κ1) is 16.4. The minimum atomic E-state index is 0.106. The number of rotatable bonds is 4. The summed E-state index contributed by atoms with van der Waals surface area (Å²) in [6, 6.07) is 8.06. The Bertz CT molecular complexity index is 744. The molecule has 0 saturated carbocycles. The Balaban J connectivity index is 1.37. The molecule has 1 aromatic heterocycles. The molecule has 0 bridgehead atoms. The van der Waals surface area contributed by atoms with E-state index in [2.05, 4.69) is 26.4 Å². The molecule has 8 heteroatoms. The van der Waals surface area contributed by atoms with E-state index in [1.165, 1.54) is 4.90 Å². The fraction of sp³-hybridized carbons (Fsp3) is 0.471. The number of hydrogen-bond donors (Lipinski definition) is 1. The van der Waals surface area contributed by atoms with Crippen LogP contribution in [0, 0.1) is 0 Å². The van der Waals surface area contributed by atoms with E-state index in [9.17, 15) is 4.79 Å². The molecule has 1 fully saturated rings. The van der Waals surface area contributed by atoms with Gasteiger partial charge in [0.25, 0.3) is 5.95 Å². The Labute approximate surface area is 150 Å². The van der Waals surface area contributed by atoms with Crippen molar-refractivity contribution in [1.29, 1.82) is 0 Å². The van der Waals surface area contributed by atoms with Crippen molar-refractivity contribution in [1.82, 2.24) is 15.5 Å². The number of nitrogens with one attached hydrogen (secondary N) is 1. The van der Waals surface area contributed by atoms with Crippen LogP contribution in [0.5, 0.6) is 0 Å². The third kappa shape index (κ3) is 3.64. The second-order valence-corrected chi connectivity index (χ2v) is 7.22. The maximum atomic E-state index is 12.7. The first-order valence-corrected chi connectivity index (χ1v) is 9.60. The first-order chi connectivity index (χ1) is 12.3. The van der Waals surface area contributed by atoms with Crippen LogP contribution in [-0.2, 0) is 11.2 Å². The molecule has 132 valence electrons. The van der Waals surface area contributed by atoms with Crippen LogP contribution in [0.4, 0.5) is 11.6 Å². The maximum absolute atomic E-state index is 12.7. The molecular formula is C17H21N5O2S. The topological polar surface area (TPSA) is 74.5 Å². The predicted molar refractivity (Wildman–Crippen MR) is 97.2 cm³/mol. The van der Waals surface area contributed by atoms with E-state index in [1.54, 1.807) is 11.8 Å². The highest BCUT2D eigenvalue weighted by molar-refractivity contribution is 7.99. The minimum Gasteiger partial charge on any atom is -0.337 e. The summed E-state index contributed by atoms with van der Waals surface area (Å²) in [5.74, 6) is 2.19. The van der Waals surface area contributed by atoms with Crippen LogP contribution < -0.4 is 15.1 Å². The van der Waals surface area contributed by atoms with Gasteiger partial charge in [0.15, 0.2) is 0 Å². The van der Waals surface area contributed by atoms with Crippen molar-refractivity contribution in [3.8, 4) is 0 Å². The summed E-state index contributed by atoms with van der Waals surface area (Å²) in [7, 11) is 0. The van der Waals surface area contributed by atoms with Crippen LogP contribution in [0.1, 0.15) is 12.3 Å². The Kier molecular flexibility index (Phi) is 4.89. The molecule has 0 radical (unpaired) electrons. The van der Waals surface area contributed by atoms with Crippen LogP contribution in [-0.4, -0.2) is 54.5 Å². The van der Waals surface area contributed by atoms with Gasteiger partial charge in [-0.15, -0.1) is 11.8 Å². The highest BCUT2D eigenvalue weighted by Gasteiger charge is 2.23. The Morgan fingerprint density at radius 2 is 2.08 bits per heavy atom. The van der Waals surface area contributed by atoms with E-state index in [1.807, 2.05) is 23.1 Å². The highest BCUT2D eigenvalue weighted by Crippen LogP contribution is 2.34.